The molecule has 0 unspecified atom stereocenters. The van der Waals surface area contributed by atoms with Crippen molar-refractivity contribution >= 4 is 15.9 Å². The molecule has 0 spiro atoms. The van der Waals surface area contributed by atoms with Crippen LogP contribution in [0.15, 0.2) is 46.9 Å². The fraction of sp³-hybridized carbons (Fsp3) is 0.400. The van der Waals surface area contributed by atoms with E-state index in [1.807, 2.05) is 0 Å². The predicted octanol–water partition coefficient (Wildman–Crippen LogP) is 4.88. The molecule has 1 heterocycles. The Morgan fingerprint density at radius 2 is 1.91 bits per heavy atom. The van der Waals surface area contributed by atoms with Crippen LogP contribution in [-0.2, 0) is 13.0 Å². The van der Waals surface area contributed by atoms with Gasteiger partial charge in [0.1, 0.15) is 12.4 Å². The zero-order valence-corrected chi connectivity index (χ0v) is 15.2. The van der Waals surface area contributed by atoms with Gasteiger partial charge in [-0.2, -0.15) is 0 Å². The summed E-state index contributed by atoms with van der Waals surface area (Å²) >= 11 is 3.60. The number of ether oxygens (including phenoxy) is 1. The van der Waals surface area contributed by atoms with Crippen LogP contribution in [0.2, 0.25) is 0 Å². The molecule has 3 heteroatoms. The molecule has 1 aliphatic heterocycles. The fourth-order valence-electron chi connectivity index (χ4n) is 2.83. The molecular weight excluding hydrogens is 350 g/mol. The molecule has 0 atom stereocenters. The minimum Gasteiger partial charge on any atom is -0.489 e. The Morgan fingerprint density at radius 3 is 2.57 bits per heavy atom. The highest BCUT2D eigenvalue weighted by Crippen LogP contribution is 2.21. The van der Waals surface area contributed by atoms with E-state index in [9.17, 15) is 0 Å². The van der Waals surface area contributed by atoms with Gasteiger partial charge in [0, 0.05) is 10.0 Å². The summed E-state index contributed by atoms with van der Waals surface area (Å²) < 4.78 is 7.01. The first-order chi connectivity index (χ1) is 11.2. The first-order valence-corrected chi connectivity index (χ1v) is 9.17. The molecule has 0 amide bonds. The van der Waals surface area contributed by atoms with Gasteiger partial charge in [-0.05, 0) is 74.5 Å². The third kappa shape index (κ3) is 4.82. The minimum atomic E-state index is 0.592. The van der Waals surface area contributed by atoms with E-state index in [1.165, 1.54) is 49.0 Å². The number of rotatable bonds is 7. The van der Waals surface area contributed by atoms with Gasteiger partial charge in [-0.15, -0.1) is 0 Å². The van der Waals surface area contributed by atoms with Crippen LogP contribution in [0.25, 0.3) is 0 Å². The first-order valence-electron chi connectivity index (χ1n) is 8.38. The Hall–Kier alpha value is -1.32. The van der Waals surface area contributed by atoms with Gasteiger partial charge in [0.15, 0.2) is 0 Å². The summed E-state index contributed by atoms with van der Waals surface area (Å²) in [4.78, 5) is 0. The van der Waals surface area contributed by atoms with E-state index in [1.54, 1.807) is 0 Å². The topological polar surface area (TPSA) is 21.3 Å². The van der Waals surface area contributed by atoms with Crippen molar-refractivity contribution in [3.05, 3.63) is 63.6 Å². The number of hydrogen-bond donors (Lipinski definition) is 1. The third-order valence-electron chi connectivity index (χ3n) is 4.47. The zero-order valence-electron chi connectivity index (χ0n) is 13.6. The molecule has 3 rings (SSSR count). The average molecular weight is 374 g/mol. The smallest absolute Gasteiger partial charge is 0.119 e. The lowest BCUT2D eigenvalue weighted by atomic mass is 9.95. The summed E-state index contributed by atoms with van der Waals surface area (Å²) in [6, 6.07) is 14.9. The van der Waals surface area contributed by atoms with Gasteiger partial charge >= 0.3 is 0 Å². The highest BCUT2D eigenvalue weighted by molar-refractivity contribution is 9.10. The lowest BCUT2D eigenvalue weighted by Gasteiger charge is -2.26. The van der Waals surface area contributed by atoms with Gasteiger partial charge in [-0.3, -0.25) is 0 Å². The quantitative estimate of drug-likeness (QED) is 0.746. The van der Waals surface area contributed by atoms with Crippen molar-refractivity contribution in [3.8, 4) is 5.75 Å². The number of nitrogens with one attached hydrogen (secondary N) is 1. The number of halogens is 1. The number of hydrogen-bond acceptors (Lipinski definition) is 2. The van der Waals surface area contributed by atoms with Crippen LogP contribution in [0, 0.1) is 12.8 Å². The Bertz CT molecular complexity index is 635. The van der Waals surface area contributed by atoms with Gasteiger partial charge in [-0.25, -0.2) is 0 Å². The summed E-state index contributed by atoms with van der Waals surface area (Å²) in [5.41, 5.74) is 3.83. The number of aryl methyl sites for hydroxylation is 2. The highest BCUT2D eigenvalue weighted by atomic mass is 79.9. The van der Waals surface area contributed by atoms with Gasteiger partial charge in [0.05, 0.1) is 0 Å². The van der Waals surface area contributed by atoms with Crippen molar-refractivity contribution in [1.82, 2.24) is 5.32 Å². The molecule has 1 fully saturated rings. The SMILES string of the molecule is Cc1ccc(COc2ccc(CCCC3CNC3)cc2)c(Br)c1. The molecule has 0 radical (unpaired) electrons. The second-order valence-electron chi connectivity index (χ2n) is 6.44. The van der Waals surface area contributed by atoms with Crippen molar-refractivity contribution in [2.24, 2.45) is 5.92 Å². The van der Waals surface area contributed by atoms with E-state index >= 15 is 0 Å². The van der Waals surface area contributed by atoms with E-state index in [-0.39, 0.29) is 0 Å². The Morgan fingerprint density at radius 1 is 1.13 bits per heavy atom. The van der Waals surface area contributed by atoms with Gasteiger partial charge in [0.25, 0.3) is 0 Å². The Balaban J connectivity index is 1.46. The average Bonchev–Trinajstić information content (AvgIpc) is 2.50. The van der Waals surface area contributed by atoms with E-state index in [0.29, 0.717) is 6.61 Å². The standard InChI is InChI=1S/C20H24BrNO/c1-15-5-8-18(20(21)11-15)14-23-19-9-6-16(7-10-19)3-2-4-17-12-22-13-17/h5-11,17,22H,2-4,12-14H2,1H3. The van der Waals surface area contributed by atoms with Crippen LogP contribution >= 0.6 is 15.9 Å². The van der Waals surface area contributed by atoms with E-state index in [0.717, 1.165) is 16.1 Å². The van der Waals surface area contributed by atoms with Crippen molar-refractivity contribution in [3.63, 3.8) is 0 Å². The third-order valence-corrected chi connectivity index (χ3v) is 5.21. The molecule has 23 heavy (non-hydrogen) atoms. The van der Waals surface area contributed by atoms with Crippen LogP contribution in [0.1, 0.15) is 29.5 Å². The van der Waals surface area contributed by atoms with Crippen LogP contribution < -0.4 is 10.1 Å². The molecule has 2 aromatic rings. The zero-order chi connectivity index (χ0) is 16.1. The predicted molar refractivity (Wildman–Crippen MR) is 99.0 cm³/mol. The normalized spacial score (nSPS) is 14.5. The molecule has 0 saturated carbocycles. The van der Waals surface area contributed by atoms with Crippen molar-refractivity contribution in [1.29, 1.82) is 0 Å². The van der Waals surface area contributed by atoms with E-state index < -0.39 is 0 Å². The second kappa shape index (κ2) is 7.98. The maximum absolute atomic E-state index is 5.90. The first kappa shape index (κ1) is 16.5. The molecule has 122 valence electrons. The summed E-state index contributed by atoms with van der Waals surface area (Å²) in [7, 11) is 0. The summed E-state index contributed by atoms with van der Waals surface area (Å²) in [5, 5.41) is 3.33. The minimum absolute atomic E-state index is 0.592. The van der Waals surface area contributed by atoms with Crippen LogP contribution in [0.5, 0.6) is 5.75 Å². The monoisotopic (exact) mass is 373 g/mol. The fourth-order valence-corrected chi connectivity index (χ4v) is 3.44. The van der Waals surface area contributed by atoms with E-state index in [2.05, 4.69) is 70.6 Å². The van der Waals surface area contributed by atoms with Crippen molar-refractivity contribution in [2.45, 2.75) is 32.8 Å². The maximum Gasteiger partial charge on any atom is 0.119 e. The lowest BCUT2D eigenvalue weighted by molar-refractivity contribution is 0.305. The van der Waals surface area contributed by atoms with Crippen molar-refractivity contribution in [2.75, 3.05) is 13.1 Å². The Kier molecular flexibility index (Phi) is 5.74. The summed E-state index contributed by atoms with van der Waals surface area (Å²) in [6.07, 6.45) is 3.79. The van der Waals surface area contributed by atoms with Crippen LogP contribution in [0.3, 0.4) is 0 Å². The number of benzene rings is 2. The molecule has 0 aromatic heterocycles. The summed E-state index contributed by atoms with van der Waals surface area (Å²) in [6.45, 7) is 5.10. The molecule has 2 nitrogen and oxygen atoms in total. The van der Waals surface area contributed by atoms with Crippen LogP contribution in [0.4, 0.5) is 0 Å². The molecule has 1 N–H and O–H groups in total. The molecule has 1 aliphatic rings. The highest BCUT2D eigenvalue weighted by Gasteiger charge is 2.15. The molecule has 0 bridgehead atoms. The molecule has 0 aliphatic carbocycles. The van der Waals surface area contributed by atoms with E-state index in [4.69, 9.17) is 4.74 Å². The maximum atomic E-state index is 5.90. The van der Waals surface area contributed by atoms with Crippen molar-refractivity contribution < 1.29 is 4.74 Å². The second-order valence-corrected chi connectivity index (χ2v) is 7.30. The largest absolute Gasteiger partial charge is 0.489 e. The molecule has 1 saturated heterocycles. The molecule has 2 aromatic carbocycles. The molecular formula is C20H24BrNO. The Labute approximate surface area is 147 Å². The summed E-state index contributed by atoms with van der Waals surface area (Å²) in [5.74, 6) is 1.84. The van der Waals surface area contributed by atoms with Crippen LogP contribution in [-0.4, -0.2) is 13.1 Å². The van der Waals surface area contributed by atoms with Gasteiger partial charge < -0.3 is 10.1 Å². The van der Waals surface area contributed by atoms with Gasteiger partial charge in [-0.1, -0.05) is 40.2 Å². The van der Waals surface area contributed by atoms with Gasteiger partial charge in [0.2, 0.25) is 0 Å². The lowest BCUT2D eigenvalue weighted by Crippen LogP contribution is -2.41.